The third kappa shape index (κ3) is 4.13. The Kier molecular flexibility index (Phi) is 5.55. The van der Waals surface area contributed by atoms with Crippen LogP contribution in [0.4, 0.5) is 24.5 Å². The van der Waals surface area contributed by atoms with Gasteiger partial charge in [0.15, 0.2) is 0 Å². The van der Waals surface area contributed by atoms with Crippen LogP contribution in [0, 0.1) is 0 Å². The van der Waals surface area contributed by atoms with Gasteiger partial charge in [0, 0.05) is 30.4 Å². The van der Waals surface area contributed by atoms with Gasteiger partial charge in [-0.25, -0.2) is 0 Å². The van der Waals surface area contributed by atoms with E-state index >= 15 is 0 Å². The van der Waals surface area contributed by atoms with Crippen LogP contribution in [0.5, 0.6) is 0 Å². The van der Waals surface area contributed by atoms with Gasteiger partial charge in [0.2, 0.25) is 0 Å². The van der Waals surface area contributed by atoms with Gasteiger partial charge in [-0.2, -0.15) is 13.2 Å². The van der Waals surface area contributed by atoms with Gasteiger partial charge in [0.25, 0.3) is 5.91 Å². The molecule has 10 heteroatoms. The molecule has 1 atom stereocenters. The molecule has 1 unspecified atom stereocenters. The van der Waals surface area contributed by atoms with Gasteiger partial charge in [-0.05, 0) is 47.4 Å². The molecule has 0 aliphatic carbocycles. The van der Waals surface area contributed by atoms with Crippen molar-refractivity contribution in [2.75, 3.05) is 23.4 Å². The summed E-state index contributed by atoms with van der Waals surface area (Å²) in [7, 11) is 1.88. The molecule has 1 fully saturated rings. The number of hydrogen-bond acceptors (Lipinski definition) is 5. The Bertz CT molecular complexity index is 1240. The number of nitrogens with zero attached hydrogens (tertiary/aromatic N) is 4. The van der Waals surface area contributed by atoms with Crippen molar-refractivity contribution in [3.63, 3.8) is 0 Å². The maximum atomic E-state index is 13.6. The molecule has 1 aromatic heterocycles. The Hall–Kier alpha value is -3.40. The highest BCUT2D eigenvalue weighted by Crippen LogP contribution is 2.39. The van der Waals surface area contributed by atoms with Crippen LogP contribution in [0.1, 0.15) is 45.7 Å². The van der Waals surface area contributed by atoms with Crippen LogP contribution < -0.4 is 10.2 Å². The molecule has 1 saturated heterocycles. The molecule has 1 amide bonds. The number of benzene rings is 2. The van der Waals surface area contributed by atoms with Gasteiger partial charge in [0.05, 0.1) is 31.4 Å². The van der Waals surface area contributed by atoms with Crippen LogP contribution in [-0.2, 0) is 30.9 Å². The molecule has 0 radical (unpaired) electrons. The van der Waals surface area contributed by atoms with Gasteiger partial charge in [-0.15, -0.1) is 10.2 Å². The summed E-state index contributed by atoms with van der Waals surface area (Å²) in [5, 5.41) is 11.5. The van der Waals surface area contributed by atoms with Crippen molar-refractivity contribution < 1.29 is 22.7 Å². The molecule has 0 bridgehead atoms. The van der Waals surface area contributed by atoms with Crippen LogP contribution in [0.2, 0.25) is 0 Å². The third-order valence-electron chi connectivity index (χ3n) is 6.40. The van der Waals surface area contributed by atoms with E-state index < -0.39 is 17.6 Å². The van der Waals surface area contributed by atoms with Gasteiger partial charge >= 0.3 is 6.18 Å². The first-order chi connectivity index (χ1) is 16.2. The number of fused-ring (bicyclic) bond motifs is 1. The minimum Gasteiger partial charge on any atom is -0.378 e. The standard InChI is InChI=1S/C24H24F3N5O2/c1-14(6-22-30-28-13-31(22)2)15-7-16(29-17-11-34-12-17)9-18(8-15)32-10-20-19(23(32)33)4-3-5-21(20)24(25,26)27/h3-5,7-9,13-14,17,29H,6,10-12H2,1-2H3. The highest BCUT2D eigenvalue weighted by atomic mass is 19.4. The lowest BCUT2D eigenvalue weighted by Gasteiger charge is -2.29. The third-order valence-corrected chi connectivity index (χ3v) is 6.40. The van der Waals surface area contributed by atoms with Crippen molar-refractivity contribution in [1.82, 2.24) is 14.8 Å². The van der Waals surface area contributed by atoms with Gasteiger partial charge in [-0.1, -0.05) is 13.0 Å². The molecule has 2 aromatic carbocycles. The van der Waals surface area contributed by atoms with E-state index in [2.05, 4.69) is 15.5 Å². The maximum absolute atomic E-state index is 13.6. The van der Waals surface area contributed by atoms with Gasteiger partial charge in [-0.3, -0.25) is 4.79 Å². The fraction of sp³-hybridized carbons (Fsp3) is 0.375. The number of hydrogen-bond donors (Lipinski definition) is 1. The normalized spacial score (nSPS) is 17.0. The molecular formula is C24H24F3N5O2. The maximum Gasteiger partial charge on any atom is 0.416 e. The second-order valence-corrected chi connectivity index (χ2v) is 8.88. The summed E-state index contributed by atoms with van der Waals surface area (Å²) >= 11 is 0. The lowest BCUT2D eigenvalue weighted by atomic mass is 9.95. The molecule has 2 aliphatic heterocycles. The molecule has 34 heavy (non-hydrogen) atoms. The molecule has 5 rings (SSSR count). The van der Waals surface area contributed by atoms with E-state index in [1.54, 1.807) is 6.33 Å². The summed E-state index contributed by atoms with van der Waals surface area (Å²) in [4.78, 5) is 14.6. The van der Waals surface area contributed by atoms with Crippen molar-refractivity contribution >= 4 is 17.3 Å². The second-order valence-electron chi connectivity index (χ2n) is 8.88. The predicted molar refractivity (Wildman–Crippen MR) is 120 cm³/mol. The SMILES string of the molecule is CC(Cc1nncn1C)c1cc(NC2COC2)cc(N2Cc3c(cccc3C(F)(F)F)C2=O)c1. The van der Waals surface area contributed by atoms with Crippen molar-refractivity contribution in [1.29, 1.82) is 0 Å². The fourth-order valence-electron chi connectivity index (χ4n) is 4.40. The minimum atomic E-state index is -4.52. The molecule has 7 nitrogen and oxygen atoms in total. The Balaban J connectivity index is 1.50. The lowest BCUT2D eigenvalue weighted by molar-refractivity contribution is -0.138. The molecule has 178 valence electrons. The number of alkyl halides is 3. The summed E-state index contributed by atoms with van der Waals surface area (Å²) in [6.07, 6.45) is -2.26. The number of nitrogens with one attached hydrogen (secondary N) is 1. The number of rotatable bonds is 6. The van der Waals surface area contributed by atoms with Gasteiger partial charge < -0.3 is 19.5 Å². The Labute approximate surface area is 194 Å². The van der Waals surface area contributed by atoms with Crippen molar-refractivity contribution in [2.24, 2.45) is 7.05 Å². The minimum absolute atomic E-state index is 0.0134. The summed E-state index contributed by atoms with van der Waals surface area (Å²) in [5.74, 6) is 0.420. The van der Waals surface area contributed by atoms with Gasteiger partial charge in [0.1, 0.15) is 12.2 Å². The average Bonchev–Trinajstić information content (AvgIpc) is 3.32. The average molecular weight is 471 g/mol. The molecule has 2 aliphatic rings. The Morgan fingerprint density at radius 3 is 2.68 bits per heavy atom. The van der Waals surface area contributed by atoms with Crippen LogP contribution in [0.25, 0.3) is 0 Å². The number of aromatic nitrogens is 3. The molecule has 0 saturated carbocycles. The topological polar surface area (TPSA) is 72.3 Å². The largest absolute Gasteiger partial charge is 0.416 e. The van der Waals surface area contributed by atoms with E-state index in [1.165, 1.54) is 17.0 Å². The fourth-order valence-corrected chi connectivity index (χ4v) is 4.40. The van der Waals surface area contributed by atoms with E-state index in [-0.39, 0.29) is 29.6 Å². The zero-order valence-corrected chi connectivity index (χ0v) is 18.8. The summed E-state index contributed by atoms with van der Waals surface area (Å²) in [6, 6.07) is 9.62. The highest BCUT2D eigenvalue weighted by molar-refractivity contribution is 6.10. The van der Waals surface area contributed by atoms with Crippen LogP contribution >= 0.6 is 0 Å². The number of carbonyl (C=O) groups excluding carboxylic acids is 1. The van der Waals surface area contributed by atoms with E-state index in [9.17, 15) is 18.0 Å². The first kappa shape index (κ1) is 22.4. The number of ether oxygens (including phenoxy) is 1. The zero-order valence-electron chi connectivity index (χ0n) is 18.8. The number of carbonyl (C=O) groups is 1. The summed E-state index contributed by atoms with van der Waals surface area (Å²) in [6.45, 7) is 3.08. The van der Waals surface area contributed by atoms with E-state index in [0.29, 0.717) is 25.3 Å². The number of aryl methyl sites for hydroxylation is 1. The van der Waals surface area contributed by atoms with Crippen LogP contribution in [0.3, 0.4) is 0 Å². The van der Waals surface area contributed by atoms with Crippen LogP contribution in [-0.4, -0.2) is 39.9 Å². The quantitative estimate of drug-likeness (QED) is 0.585. The molecule has 1 N–H and O–H groups in total. The first-order valence-corrected chi connectivity index (χ1v) is 11.0. The predicted octanol–water partition coefficient (Wildman–Crippen LogP) is 4.15. The summed E-state index contributed by atoms with van der Waals surface area (Å²) in [5.41, 5.74) is 1.64. The van der Waals surface area contributed by atoms with E-state index in [1.807, 2.05) is 36.7 Å². The smallest absolute Gasteiger partial charge is 0.378 e. The highest BCUT2D eigenvalue weighted by Gasteiger charge is 2.39. The van der Waals surface area contributed by atoms with Crippen LogP contribution in [0.15, 0.2) is 42.7 Å². The van der Waals surface area contributed by atoms with Crippen molar-refractivity contribution in [2.45, 2.75) is 38.0 Å². The monoisotopic (exact) mass is 471 g/mol. The van der Waals surface area contributed by atoms with E-state index in [0.717, 1.165) is 23.1 Å². The second kappa shape index (κ2) is 8.43. The number of anilines is 2. The summed E-state index contributed by atoms with van der Waals surface area (Å²) < 4.78 is 47.8. The molecule has 3 aromatic rings. The van der Waals surface area contributed by atoms with E-state index in [4.69, 9.17) is 4.74 Å². The lowest BCUT2D eigenvalue weighted by Crippen LogP contribution is -2.40. The molecular weight excluding hydrogens is 447 g/mol. The Morgan fingerprint density at radius 2 is 2.03 bits per heavy atom. The molecule has 0 spiro atoms. The number of amides is 1. The van der Waals surface area contributed by atoms with Crippen molar-refractivity contribution in [3.05, 3.63) is 70.8 Å². The zero-order chi connectivity index (χ0) is 24.0. The number of halogens is 3. The Morgan fingerprint density at radius 1 is 1.24 bits per heavy atom. The van der Waals surface area contributed by atoms with Crippen molar-refractivity contribution in [3.8, 4) is 0 Å². The molecule has 3 heterocycles. The first-order valence-electron chi connectivity index (χ1n) is 11.0.